The van der Waals surface area contributed by atoms with Crippen LogP contribution in [-0.4, -0.2) is 37.2 Å². The third-order valence-corrected chi connectivity index (χ3v) is 5.64. The molecule has 4 unspecified atom stereocenters. The predicted molar refractivity (Wildman–Crippen MR) is 103 cm³/mol. The molecule has 4 atom stereocenters. The Labute approximate surface area is 177 Å². The summed E-state index contributed by atoms with van der Waals surface area (Å²) in [6, 6.07) is 10.2. The van der Waals surface area contributed by atoms with Crippen molar-refractivity contribution < 1.29 is 43.1 Å². The molecule has 2 aromatic rings. The third kappa shape index (κ3) is 3.50. The molecule has 0 spiro atoms. The molecule has 1 saturated heterocycles. The number of aliphatic hydroxyl groups excluding tert-OH is 1. The summed E-state index contributed by atoms with van der Waals surface area (Å²) in [5.74, 6) is -0.473. The molecule has 9 heteroatoms. The minimum absolute atomic E-state index is 0.00248. The quantitative estimate of drug-likeness (QED) is 0.717. The minimum Gasteiger partial charge on any atom is -0.465 e. The van der Waals surface area contributed by atoms with Crippen LogP contribution in [0.1, 0.15) is 30.3 Å². The molecule has 31 heavy (non-hydrogen) atoms. The third-order valence-electron chi connectivity index (χ3n) is 5.64. The van der Waals surface area contributed by atoms with Crippen LogP contribution in [0.5, 0.6) is 23.0 Å². The Kier molecular flexibility index (Phi) is 4.82. The molecule has 162 valence electrons. The fourth-order valence-corrected chi connectivity index (χ4v) is 4.17. The number of benzene rings is 2. The van der Waals surface area contributed by atoms with Crippen molar-refractivity contribution in [1.82, 2.24) is 0 Å². The highest BCUT2D eigenvalue weighted by molar-refractivity contribution is 5.76. The van der Waals surface area contributed by atoms with Gasteiger partial charge in [0.05, 0.1) is 24.5 Å². The van der Waals surface area contributed by atoms with Gasteiger partial charge in [0.1, 0.15) is 6.10 Å². The zero-order valence-corrected chi connectivity index (χ0v) is 16.6. The molecule has 3 heterocycles. The van der Waals surface area contributed by atoms with Gasteiger partial charge in [0.15, 0.2) is 23.0 Å². The summed E-state index contributed by atoms with van der Waals surface area (Å²) in [5.41, 5.74) is 1.09. The molecular formula is C22H20O9. The first kappa shape index (κ1) is 19.5. The fraction of sp³-hybridized carbons (Fsp3) is 0.364. The van der Waals surface area contributed by atoms with Gasteiger partial charge in [-0.15, -0.1) is 0 Å². The molecule has 0 aliphatic carbocycles. The largest absolute Gasteiger partial charge is 0.465 e. The molecule has 0 radical (unpaired) electrons. The van der Waals surface area contributed by atoms with Gasteiger partial charge in [0.25, 0.3) is 0 Å². The van der Waals surface area contributed by atoms with E-state index in [1.54, 1.807) is 36.4 Å². The van der Waals surface area contributed by atoms with E-state index in [0.717, 1.165) is 0 Å². The lowest BCUT2D eigenvalue weighted by Crippen LogP contribution is -2.30. The molecule has 2 aromatic carbocycles. The van der Waals surface area contributed by atoms with Gasteiger partial charge in [-0.2, -0.15) is 0 Å². The van der Waals surface area contributed by atoms with E-state index in [9.17, 15) is 14.7 Å². The van der Waals surface area contributed by atoms with Gasteiger partial charge in [-0.1, -0.05) is 12.1 Å². The number of hydrogen-bond acceptors (Lipinski definition) is 9. The van der Waals surface area contributed by atoms with Gasteiger partial charge in [-0.3, -0.25) is 9.59 Å². The van der Waals surface area contributed by atoms with Crippen LogP contribution in [0, 0.1) is 11.8 Å². The van der Waals surface area contributed by atoms with Crippen LogP contribution in [-0.2, 0) is 19.1 Å². The maximum atomic E-state index is 12.6. The second-order valence-corrected chi connectivity index (χ2v) is 7.52. The average molecular weight is 428 g/mol. The molecule has 0 aromatic heterocycles. The highest BCUT2D eigenvalue weighted by Crippen LogP contribution is 2.45. The predicted octanol–water partition coefficient (Wildman–Crippen LogP) is 2.27. The number of fused-ring (bicyclic) bond motifs is 2. The van der Waals surface area contributed by atoms with Crippen molar-refractivity contribution in [2.24, 2.45) is 11.8 Å². The molecule has 9 nitrogen and oxygen atoms in total. The van der Waals surface area contributed by atoms with Gasteiger partial charge in [-0.25, -0.2) is 0 Å². The number of carbonyl (C=O) groups is 2. The average Bonchev–Trinajstić information content (AvgIpc) is 3.49. The summed E-state index contributed by atoms with van der Waals surface area (Å²) in [6.07, 6.45) is -2.02. The monoisotopic (exact) mass is 428 g/mol. The molecule has 3 aliphatic rings. The second kappa shape index (κ2) is 7.66. The van der Waals surface area contributed by atoms with E-state index in [2.05, 4.69) is 0 Å². The van der Waals surface area contributed by atoms with Crippen LogP contribution in [0.3, 0.4) is 0 Å². The van der Waals surface area contributed by atoms with Crippen molar-refractivity contribution in [1.29, 1.82) is 0 Å². The van der Waals surface area contributed by atoms with Crippen LogP contribution < -0.4 is 18.9 Å². The lowest BCUT2D eigenvalue weighted by Gasteiger charge is -2.28. The van der Waals surface area contributed by atoms with E-state index in [4.69, 9.17) is 28.4 Å². The van der Waals surface area contributed by atoms with Crippen LogP contribution in [0.2, 0.25) is 0 Å². The molecule has 1 N–H and O–H groups in total. The summed E-state index contributed by atoms with van der Waals surface area (Å²) in [5, 5.41) is 11.1. The highest BCUT2D eigenvalue weighted by Gasteiger charge is 2.48. The standard InChI is InChI=1S/C22H20O9/c1-11(23)31-21(13-3-5-16-18(7-13)30-10-28-16)14-8-26-22(25)19(14)20(24)12-2-4-15-17(6-12)29-9-27-15/h2-7,14,19-21,24H,8-10H2,1H3. The van der Waals surface area contributed by atoms with E-state index >= 15 is 0 Å². The smallest absolute Gasteiger partial charge is 0.312 e. The Morgan fingerprint density at radius 1 is 0.935 bits per heavy atom. The van der Waals surface area contributed by atoms with E-state index in [1.165, 1.54) is 6.92 Å². The van der Waals surface area contributed by atoms with Crippen molar-refractivity contribution in [3.8, 4) is 23.0 Å². The van der Waals surface area contributed by atoms with Crippen LogP contribution in [0.15, 0.2) is 36.4 Å². The Balaban J connectivity index is 1.48. The normalized spacial score (nSPS) is 22.7. The molecule has 0 bridgehead atoms. The lowest BCUT2D eigenvalue weighted by atomic mass is 9.81. The van der Waals surface area contributed by atoms with Gasteiger partial charge in [0, 0.05) is 6.92 Å². The number of cyclic esters (lactones) is 1. The number of ether oxygens (including phenoxy) is 6. The summed E-state index contributed by atoms with van der Waals surface area (Å²) < 4.78 is 32.3. The van der Waals surface area contributed by atoms with Crippen molar-refractivity contribution in [3.63, 3.8) is 0 Å². The molecule has 3 aliphatic heterocycles. The Morgan fingerprint density at radius 2 is 1.52 bits per heavy atom. The van der Waals surface area contributed by atoms with Crippen LogP contribution in [0.4, 0.5) is 0 Å². The number of carbonyl (C=O) groups excluding carboxylic acids is 2. The Bertz CT molecular complexity index is 1030. The summed E-state index contributed by atoms with van der Waals surface area (Å²) in [7, 11) is 0. The highest BCUT2D eigenvalue weighted by atomic mass is 16.7. The minimum atomic E-state index is -1.19. The first-order valence-corrected chi connectivity index (χ1v) is 9.82. The number of esters is 2. The number of rotatable bonds is 5. The molecule has 5 rings (SSSR count). The summed E-state index contributed by atoms with van der Waals surface area (Å²) in [4.78, 5) is 24.5. The molecular weight excluding hydrogens is 408 g/mol. The fourth-order valence-electron chi connectivity index (χ4n) is 4.17. The summed E-state index contributed by atoms with van der Waals surface area (Å²) >= 11 is 0. The summed E-state index contributed by atoms with van der Waals surface area (Å²) in [6.45, 7) is 1.49. The van der Waals surface area contributed by atoms with E-state index in [0.29, 0.717) is 34.1 Å². The zero-order valence-electron chi connectivity index (χ0n) is 16.6. The topological polar surface area (TPSA) is 110 Å². The maximum absolute atomic E-state index is 12.6. The van der Waals surface area contributed by atoms with Crippen LogP contribution in [0.25, 0.3) is 0 Å². The second-order valence-electron chi connectivity index (χ2n) is 7.52. The SMILES string of the molecule is CC(=O)OC(c1ccc2c(c1)OCO2)C1COC(=O)C1C(O)c1ccc2c(c1)OCO2. The molecule has 1 fully saturated rings. The number of aliphatic hydroxyl groups is 1. The van der Waals surface area contributed by atoms with Gasteiger partial charge < -0.3 is 33.5 Å². The lowest BCUT2D eigenvalue weighted by molar-refractivity contribution is -0.152. The number of hydrogen-bond donors (Lipinski definition) is 1. The van der Waals surface area contributed by atoms with E-state index in [-0.39, 0.29) is 20.2 Å². The van der Waals surface area contributed by atoms with E-state index < -0.39 is 36.0 Å². The van der Waals surface area contributed by atoms with Gasteiger partial charge in [-0.05, 0) is 35.4 Å². The van der Waals surface area contributed by atoms with Crippen molar-refractivity contribution in [2.45, 2.75) is 19.1 Å². The molecule has 0 saturated carbocycles. The van der Waals surface area contributed by atoms with Gasteiger partial charge in [0.2, 0.25) is 13.6 Å². The first-order chi connectivity index (χ1) is 15.0. The van der Waals surface area contributed by atoms with Crippen molar-refractivity contribution in [2.75, 3.05) is 20.2 Å². The van der Waals surface area contributed by atoms with E-state index in [1.807, 2.05) is 0 Å². The van der Waals surface area contributed by atoms with Crippen molar-refractivity contribution in [3.05, 3.63) is 47.5 Å². The zero-order chi connectivity index (χ0) is 21.5. The first-order valence-electron chi connectivity index (χ1n) is 9.82. The van der Waals surface area contributed by atoms with Crippen LogP contribution >= 0.6 is 0 Å². The maximum Gasteiger partial charge on any atom is 0.312 e. The van der Waals surface area contributed by atoms with Gasteiger partial charge >= 0.3 is 11.9 Å². The van der Waals surface area contributed by atoms with Crippen molar-refractivity contribution >= 4 is 11.9 Å². The molecule has 0 amide bonds. The Hall–Kier alpha value is -3.46. The Morgan fingerprint density at radius 3 is 2.16 bits per heavy atom.